The molecule has 0 bridgehead atoms. The number of rotatable bonds is 3. The summed E-state index contributed by atoms with van der Waals surface area (Å²) in [5.74, 6) is -0.150. The number of nitrogens with zero attached hydrogens (tertiary/aromatic N) is 4. The van der Waals surface area contributed by atoms with Crippen molar-refractivity contribution in [2.45, 2.75) is 38.8 Å². The maximum Gasteiger partial charge on any atom is 0.410 e. The second-order valence-corrected chi connectivity index (χ2v) is 12.6. The number of hydrogen-bond acceptors (Lipinski definition) is 6. The molecule has 6 rings (SSSR count). The van der Waals surface area contributed by atoms with Gasteiger partial charge in [-0.15, -0.1) is 11.3 Å². The number of halogens is 2. The number of thiophene rings is 1. The molecule has 1 amide bonds. The first-order valence-electron chi connectivity index (χ1n) is 12.9. The molecule has 4 aromatic rings. The van der Waals surface area contributed by atoms with Crippen LogP contribution in [0.2, 0.25) is 5.02 Å². The van der Waals surface area contributed by atoms with Gasteiger partial charge in [0.05, 0.1) is 22.9 Å². The van der Waals surface area contributed by atoms with E-state index in [1.165, 1.54) is 28.3 Å². The van der Waals surface area contributed by atoms with Crippen molar-refractivity contribution in [1.82, 2.24) is 14.5 Å². The van der Waals surface area contributed by atoms with Gasteiger partial charge in [0.1, 0.15) is 22.4 Å². The fourth-order valence-corrected chi connectivity index (χ4v) is 6.64. The molecule has 0 radical (unpaired) electrons. The number of likely N-dealkylation sites (tertiary alicyclic amines) is 1. The Morgan fingerprint density at radius 1 is 1.13 bits per heavy atom. The van der Waals surface area contributed by atoms with E-state index >= 15 is 4.39 Å². The highest BCUT2D eigenvalue weighted by Gasteiger charge is 2.44. The van der Waals surface area contributed by atoms with Crippen molar-refractivity contribution in [3.05, 3.63) is 76.1 Å². The second-order valence-electron chi connectivity index (χ2n) is 11.1. The first-order valence-corrected chi connectivity index (χ1v) is 14.1. The average molecular weight is 567 g/mol. The summed E-state index contributed by atoms with van der Waals surface area (Å²) in [4.78, 5) is 35.1. The van der Waals surface area contributed by atoms with Gasteiger partial charge in [0.15, 0.2) is 0 Å². The fourth-order valence-electron chi connectivity index (χ4n) is 5.47. The number of benzene rings is 2. The first kappa shape index (κ1) is 25.8. The molecule has 0 N–H and O–H groups in total. The molecule has 2 aromatic heterocycles. The summed E-state index contributed by atoms with van der Waals surface area (Å²) >= 11 is 7.36. The highest BCUT2D eigenvalue weighted by Crippen LogP contribution is 2.37. The van der Waals surface area contributed by atoms with E-state index in [0.717, 1.165) is 16.9 Å². The molecule has 2 fully saturated rings. The summed E-state index contributed by atoms with van der Waals surface area (Å²) < 4.78 is 23.0. The van der Waals surface area contributed by atoms with Crippen LogP contribution < -0.4 is 10.5 Å². The fraction of sp³-hybridized carbons (Fsp3) is 0.345. The van der Waals surface area contributed by atoms with Gasteiger partial charge in [-0.1, -0.05) is 23.7 Å². The third-order valence-corrected chi connectivity index (χ3v) is 8.70. The van der Waals surface area contributed by atoms with Gasteiger partial charge in [0.2, 0.25) is 0 Å². The van der Waals surface area contributed by atoms with Gasteiger partial charge in [0, 0.05) is 41.5 Å². The Kier molecular flexibility index (Phi) is 6.38. The zero-order chi connectivity index (χ0) is 27.5. The summed E-state index contributed by atoms with van der Waals surface area (Å²) in [5, 5.41) is 0.642. The second kappa shape index (κ2) is 9.64. The van der Waals surface area contributed by atoms with Gasteiger partial charge in [-0.25, -0.2) is 14.2 Å². The van der Waals surface area contributed by atoms with Gasteiger partial charge in [-0.3, -0.25) is 9.36 Å². The lowest BCUT2D eigenvalue weighted by Gasteiger charge is -2.28. The highest BCUT2D eigenvalue weighted by atomic mass is 35.5. The minimum Gasteiger partial charge on any atom is -0.444 e. The van der Waals surface area contributed by atoms with Crippen LogP contribution in [-0.2, 0) is 4.74 Å². The summed E-state index contributed by atoms with van der Waals surface area (Å²) in [6, 6.07) is 14.2. The molecule has 0 unspecified atom stereocenters. The molecular formula is C29H28ClFN4O3S. The molecule has 202 valence electrons. The molecule has 2 aliphatic rings. The Bertz CT molecular complexity index is 1630. The van der Waals surface area contributed by atoms with E-state index in [-0.39, 0.29) is 23.6 Å². The van der Waals surface area contributed by atoms with E-state index in [2.05, 4.69) is 4.98 Å². The van der Waals surface area contributed by atoms with E-state index in [4.69, 9.17) is 16.3 Å². The number of carbonyl (C=O) groups is 1. The van der Waals surface area contributed by atoms with E-state index < -0.39 is 11.4 Å². The van der Waals surface area contributed by atoms with Crippen LogP contribution in [0.4, 0.5) is 14.9 Å². The third-order valence-electron chi connectivity index (χ3n) is 7.28. The third kappa shape index (κ3) is 4.89. The SMILES string of the molecule is CC(C)(C)OC(=O)N1C[C@@H]2CCN(c3ccc(-n4cnc5cc(-c6ccc(Cl)cc6)sc5c4=O)cc3F)[C@@H]2C1. The van der Waals surface area contributed by atoms with E-state index in [1.807, 2.05) is 43.9 Å². The number of ether oxygens (including phenoxy) is 1. The van der Waals surface area contributed by atoms with Gasteiger partial charge in [-0.2, -0.15) is 0 Å². The van der Waals surface area contributed by atoms with Gasteiger partial charge < -0.3 is 14.5 Å². The molecule has 0 saturated carbocycles. The Hall–Kier alpha value is -3.43. The summed E-state index contributed by atoms with van der Waals surface area (Å²) in [5.41, 5.74) is 1.62. The van der Waals surface area contributed by atoms with E-state index in [9.17, 15) is 9.59 Å². The van der Waals surface area contributed by atoms with Gasteiger partial charge in [-0.05, 0) is 63.1 Å². The van der Waals surface area contributed by atoms with Crippen LogP contribution in [0.3, 0.4) is 0 Å². The van der Waals surface area contributed by atoms with E-state index in [0.29, 0.717) is 46.2 Å². The molecule has 0 aliphatic carbocycles. The lowest BCUT2D eigenvalue weighted by Crippen LogP contribution is -2.39. The first-order chi connectivity index (χ1) is 18.6. The summed E-state index contributed by atoms with van der Waals surface area (Å²) in [6.45, 7) is 7.36. The number of hydrogen-bond donors (Lipinski definition) is 0. The Morgan fingerprint density at radius 3 is 2.62 bits per heavy atom. The van der Waals surface area contributed by atoms with Crippen molar-refractivity contribution in [3.8, 4) is 16.1 Å². The minimum absolute atomic E-state index is 0.0241. The number of amides is 1. The Balaban J connectivity index is 1.25. The number of carbonyl (C=O) groups excluding carboxylic acids is 1. The Morgan fingerprint density at radius 2 is 1.90 bits per heavy atom. The highest BCUT2D eigenvalue weighted by molar-refractivity contribution is 7.22. The molecule has 0 spiro atoms. The number of anilines is 1. The topological polar surface area (TPSA) is 67.7 Å². The van der Waals surface area contributed by atoms with Crippen LogP contribution in [0.5, 0.6) is 0 Å². The molecule has 39 heavy (non-hydrogen) atoms. The molecule has 4 heterocycles. The molecule has 7 nitrogen and oxygen atoms in total. The predicted octanol–water partition coefficient (Wildman–Crippen LogP) is 6.35. The molecular weight excluding hydrogens is 539 g/mol. The van der Waals surface area contributed by atoms with Crippen LogP contribution in [0.25, 0.3) is 26.3 Å². The molecule has 2 aromatic carbocycles. The standard InChI is InChI=1S/C29H28ClFN4O3S/c1-29(2,3)38-28(37)33-14-18-10-11-34(24(18)15-33)23-9-8-20(12-21(23)31)35-16-32-22-13-25(39-26(22)27(35)36)17-4-6-19(30)7-5-17/h4-9,12-13,16,18,24H,10-11,14-15H2,1-3H3/t18-,24+/m0/s1. The number of fused-ring (bicyclic) bond motifs is 2. The predicted molar refractivity (Wildman–Crippen MR) is 153 cm³/mol. The zero-order valence-corrected chi connectivity index (χ0v) is 23.4. The van der Waals surface area contributed by atoms with E-state index in [1.54, 1.807) is 29.2 Å². The average Bonchev–Trinajstić information content (AvgIpc) is 3.59. The van der Waals surface area contributed by atoms with Crippen LogP contribution in [-0.4, -0.2) is 51.8 Å². The lowest BCUT2D eigenvalue weighted by molar-refractivity contribution is 0.0284. The van der Waals surface area contributed by atoms with Crippen molar-refractivity contribution in [1.29, 1.82) is 0 Å². The van der Waals surface area contributed by atoms with Gasteiger partial charge in [0.25, 0.3) is 5.56 Å². The van der Waals surface area contributed by atoms with Crippen molar-refractivity contribution in [2.75, 3.05) is 24.5 Å². The molecule has 2 atom stereocenters. The molecule has 2 saturated heterocycles. The zero-order valence-electron chi connectivity index (χ0n) is 21.9. The maximum absolute atomic E-state index is 15.5. The van der Waals surface area contributed by atoms with Crippen LogP contribution in [0, 0.1) is 11.7 Å². The van der Waals surface area contributed by atoms with Crippen molar-refractivity contribution < 1.29 is 13.9 Å². The largest absolute Gasteiger partial charge is 0.444 e. The normalized spacial score (nSPS) is 19.1. The Labute approximate surface area is 234 Å². The van der Waals surface area contributed by atoms with Crippen molar-refractivity contribution >= 4 is 44.9 Å². The van der Waals surface area contributed by atoms with Crippen molar-refractivity contribution in [3.63, 3.8) is 0 Å². The monoisotopic (exact) mass is 566 g/mol. The summed E-state index contributed by atoms with van der Waals surface area (Å²) in [6.07, 6.45) is 1.99. The smallest absolute Gasteiger partial charge is 0.410 e. The van der Waals surface area contributed by atoms with Gasteiger partial charge >= 0.3 is 6.09 Å². The van der Waals surface area contributed by atoms with Crippen LogP contribution in [0.1, 0.15) is 27.2 Å². The maximum atomic E-state index is 15.5. The van der Waals surface area contributed by atoms with Crippen LogP contribution >= 0.6 is 22.9 Å². The summed E-state index contributed by atoms with van der Waals surface area (Å²) in [7, 11) is 0. The number of aromatic nitrogens is 2. The lowest BCUT2D eigenvalue weighted by atomic mass is 10.0. The molecule has 10 heteroatoms. The quantitative estimate of drug-likeness (QED) is 0.289. The molecule has 2 aliphatic heterocycles. The van der Waals surface area contributed by atoms with Crippen LogP contribution in [0.15, 0.2) is 59.7 Å². The minimum atomic E-state index is -0.563. The van der Waals surface area contributed by atoms with Crippen molar-refractivity contribution in [2.24, 2.45) is 5.92 Å².